The first-order valence-electron chi connectivity index (χ1n) is 10.6. The van der Waals surface area contributed by atoms with E-state index in [1.54, 1.807) is 35.6 Å². The third-order valence-corrected chi connectivity index (χ3v) is 6.19. The number of piperazine rings is 1. The number of aryl methyl sites for hydroxylation is 1. The van der Waals surface area contributed by atoms with Crippen LogP contribution >= 0.6 is 11.3 Å². The molecule has 1 aromatic heterocycles. The van der Waals surface area contributed by atoms with Gasteiger partial charge in [-0.3, -0.25) is 14.9 Å². The standard InChI is InChI=1S/C24H24N4O4S/c1-18-25-20(17-33-18)16-32-23-9-2-19(3-10-23)4-11-24(29)27-14-12-26(13-15-27)21-5-7-22(8-6-21)28(30)31/h2-11,17H,12-16H2,1H3/b11-4+. The van der Waals surface area contributed by atoms with E-state index in [9.17, 15) is 14.9 Å². The number of hydrogen-bond donors (Lipinski definition) is 0. The summed E-state index contributed by atoms with van der Waals surface area (Å²) in [7, 11) is 0. The molecule has 1 fully saturated rings. The third kappa shape index (κ3) is 5.95. The van der Waals surface area contributed by atoms with Crippen molar-refractivity contribution in [2.24, 2.45) is 0 Å². The molecule has 1 aliphatic heterocycles. The molecule has 170 valence electrons. The van der Waals surface area contributed by atoms with E-state index in [2.05, 4.69) is 9.88 Å². The Morgan fingerprint density at radius 2 is 1.82 bits per heavy atom. The van der Waals surface area contributed by atoms with Crippen LogP contribution in [0.4, 0.5) is 11.4 Å². The van der Waals surface area contributed by atoms with Crippen LogP contribution in [0.15, 0.2) is 60.0 Å². The number of aromatic nitrogens is 1. The fraction of sp³-hybridized carbons (Fsp3) is 0.250. The number of nitro groups is 1. The number of carbonyl (C=O) groups is 1. The van der Waals surface area contributed by atoms with Crippen molar-refractivity contribution in [3.8, 4) is 5.75 Å². The first-order valence-corrected chi connectivity index (χ1v) is 11.5. The lowest BCUT2D eigenvalue weighted by molar-refractivity contribution is -0.384. The third-order valence-electron chi connectivity index (χ3n) is 5.37. The molecule has 8 nitrogen and oxygen atoms in total. The van der Waals surface area contributed by atoms with Crippen LogP contribution in [0.3, 0.4) is 0 Å². The Hall–Kier alpha value is -3.72. The molecule has 0 bridgehead atoms. The lowest BCUT2D eigenvalue weighted by Gasteiger charge is -2.35. The lowest BCUT2D eigenvalue weighted by Crippen LogP contribution is -2.48. The summed E-state index contributed by atoms with van der Waals surface area (Å²) in [6, 6.07) is 14.1. The number of nitrogens with zero attached hydrogens (tertiary/aromatic N) is 4. The monoisotopic (exact) mass is 464 g/mol. The smallest absolute Gasteiger partial charge is 0.269 e. The number of thiazole rings is 1. The molecule has 0 atom stereocenters. The summed E-state index contributed by atoms with van der Waals surface area (Å²) in [6.45, 7) is 4.97. The Morgan fingerprint density at radius 1 is 1.12 bits per heavy atom. The summed E-state index contributed by atoms with van der Waals surface area (Å²) in [5.41, 5.74) is 2.84. The van der Waals surface area contributed by atoms with E-state index in [4.69, 9.17) is 4.74 Å². The largest absolute Gasteiger partial charge is 0.487 e. The number of hydrogen-bond acceptors (Lipinski definition) is 7. The highest BCUT2D eigenvalue weighted by Gasteiger charge is 2.20. The second-order valence-electron chi connectivity index (χ2n) is 7.63. The molecule has 3 aromatic rings. The normalized spacial score (nSPS) is 14.0. The topological polar surface area (TPSA) is 88.8 Å². The highest BCUT2D eigenvalue weighted by Crippen LogP contribution is 2.21. The molecule has 0 aliphatic carbocycles. The average Bonchev–Trinajstić information content (AvgIpc) is 3.27. The quantitative estimate of drug-likeness (QED) is 0.294. The van der Waals surface area contributed by atoms with Crippen LogP contribution in [0.2, 0.25) is 0 Å². The molecule has 1 amide bonds. The van der Waals surface area contributed by atoms with E-state index >= 15 is 0 Å². The number of benzene rings is 2. The van der Waals surface area contributed by atoms with Crippen molar-refractivity contribution >= 4 is 34.7 Å². The van der Waals surface area contributed by atoms with Gasteiger partial charge in [0.2, 0.25) is 5.91 Å². The molecule has 2 heterocycles. The Bertz CT molecular complexity index is 1130. The minimum Gasteiger partial charge on any atom is -0.487 e. The van der Waals surface area contributed by atoms with E-state index in [0.717, 1.165) is 27.7 Å². The molecule has 0 radical (unpaired) electrons. The maximum absolute atomic E-state index is 12.6. The number of ether oxygens (including phenoxy) is 1. The van der Waals surface area contributed by atoms with Gasteiger partial charge in [-0.15, -0.1) is 11.3 Å². The maximum Gasteiger partial charge on any atom is 0.269 e. The second-order valence-corrected chi connectivity index (χ2v) is 8.70. The molecule has 0 spiro atoms. The molecular formula is C24H24N4O4S. The van der Waals surface area contributed by atoms with Gasteiger partial charge in [0.15, 0.2) is 0 Å². The van der Waals surface area contributed by atoms with Gasteiger partial charge in [0.1, 0.15) is 12.4 Å². The van der Waals surface area contributed by atoms with Gasteiger partial charge < -0.3 is 14.5 Å². The number of non-ortho nitro benzene ring substituents is 1. The molecule has 4 rings (SSSR count). The van der Waals surface area contributed by atoms with Gasteiger partial charge in [0.25, 0.3) is 5.69 Å². The van der Waals surface area contributed by atoms with Gasteiger partial charge in [-0.05, 0) is 42.8 Å². The molecule has 1 aliphatic rings. The van der Waals surface area contributed by atoms with Crippen molar-refractivity contribution in [2.45, 2.75) is 13.5 Å². The van der Waals surface area contributed by atoms with Gasteiger partial charge in [-0.2, -0.15) is 0 Å². The van der Waals surface area contributed by atoms with Crippen molar-refractivity contribution < 1.29 is 14.5 Å². The van der Waals surface area contributed by atoms with Crippen LogP contribution in [0.5, 0.6) is 5.75 Å². The van der Waals surface area contributed by atoms with Crippen LogP contribution in [0, 0.1) is 17.0 Å². The highest BCUT2D eigenvalue weighted by molar-refractivity contribution is 7.09. The number of amides is 1. The van der Waals surface area contributed by atoms with Crippen molar-refractivity contribution in [1.29, 1.82) is 0 Å². The Labute approximate surface area is 195 Å². The Balaban J connectivity index is 1.25. The van der Waals surface area contributed by atoms with Crippen LogP contribution in [-0.4, -0.2) is 46.9 Å². The van der Waals surface area contributed by atoms with Crippen molar-refractivity contribution in [3.05, 3.63) is 86.4 Å². The number of carbonyl (C=O) groups excluding carboxylic acids is 1. The van der Waals surface area contributed by atoms with Gasteiger partial charge in [0, 0.05) is 55.5 Å². The zero-order valence-corrected chi connectivity index (χ0v) is 19.0. The number of rotatable bonds is 7. The van der Waals surface area contributed by atoms with Crippen LogP contribution < -0.4 is 9.64 Å². The van der Waals surface area contributed by atoms with Crippen molar-refractivity contribution in [1.82, 2.24) is 9.88 Å². The summed E-state index contributed by atoms with van der Waals surface area (Å²) >= 11 is 1.60. The van der Waals surface area contributed by atoms with Gasteiger partial charge in [0.05, 0.1) is 15.6 Å². The summed E-state index contributed by atoms with van der Waals surface area (Å²) in [5, 5.41) is 13.8. The minimum atomic E-state index is -0.406. The maximum atomic E-state index is 12.6. The van der Waals surface area contributed by atoms with Gasteiger partial charge in [-0.25, -0.2) is 4.98 Å². The molecule has 2 aromatic carbocycles. The fourth-order valence-corrected chi connectivity index (χ4v) is 4.15. The number of anilines is 1. The Morgan fingerprint density at radius 3 is 2.42 bits per heavy atom. The van der Waals surface area contributed by atoms with Crippen molar-refractivity contribution in [3.63, 3.8) is 0 Å². The van der Waals surface area contributed by atoms with Crippen LogP contribution in [0.1, 0.15) is 16.3 Å². The molecule has 9 heteroatoms. The SMILES string of the molecule is Cc1nc(COc2ccc(/C=C/C(=O)N3CCN(c4ccc([N+](=O)[O-])cc4)CC3)cc2)cs1. The molecular weight excluding hydrogens is 440 g/mol. The fourth-order valence-electron chi connectivity index (χ4n) is 3.55. The molecule has 0 saturated carbocycles. The van der Waals surface area contributed by atoms with E-state index < -0.39 is 4.92 Å². The van der Waals surface area contributed by atoms with E-state index in [0.29, 0.717) is 32.8 Å². The van der Waals surface area contributed by atoms with Gasteiger partial charge >= 0.3 is 0 Å². The van der Waals surface area contributed by atoms with Gasteiger partial charge in [-0.1, -0.05) is 12.1 Å². The molecule has 1 saturated heterocycles. The zero-order valence-electron chi connectivity index (χ0n) is 18.2. The number of nitro benzene ring substituents is 1. The van der Waals surface area contributed by atoms with E-state index in [-0.39, 0.29) is 11.6 Å². The summed E-state index contributed by atoms with van der Waals surface area (Å²) in [5.74, 6) is 0.726. The predicted molar refractivity (Wildman–Crippen MR) is 129 cm³/mol. The second kappa shape index (κ2) is 10.3. The first kappa shape index (κ1) is 22.5. The van der Waals surface area contributed by atoms with E-state index in [1.807, 2.05) is 41.5 Å². The minimum absolute atomic E-state index is 0.0300. The Kier molecular flexibility index (Phi) is 6.99. The molecule has 33 heavy (non-hydrogen) atoms. The van der Waals surface area contributed by atoms with E-state index in [1.165, 1.54) is 12.1 Å². The first-order chi connectivity index (χ1) is 16.0. The summed E-state index contributed by atoms with van der Waals surface area (Å²) in [6.07, 6.45) is 3.40. The van der Waals surface area contributed by atoms with Crippen LogP contribution in [-0.2, 0) is 11.4 Å². The molecule has 0 N–H and O–H groups in total. The lowest BCUT2D eigenvalue weighted by atomic mass is 10.2. The van der Waals surface area contributed by atoms with Crippen LogP contribution in [0.25, 0.3) is 6.08 Å². The molecule has 0 unspecified atom stereocenters. The zero-order chi connectivity index (χ0) is 23.2. The summed E-state index contributed by atoms with van der Waals surface area (Å²) < 4.78 is 5.75. The predicted octanol–water partition coefficient (Wildman–Crippen LogP) is 4.30. The van der Waals surface area contributed by atoms with Crippen molar-refractivity contribution in [2.75, 3.05) is 31.1 Å². The summed E-state index contributed by atoms with van der Waals surface area (Å²) in [4.78, 5) is 31.3. The highest BCUT2D eigenvalue weighted by atomic mass is 32.1. The average molecular weight is 465 g/mol.